The van der Waals surface area contributed by atoms with Crippen molar-refractivity contribution < 1.29 is 19.0 Å². The number of nitrogens with two attached hydrogens (primary N) is 1. The van der Waals surface area contributed by atoms with Gasteiger partial charge in [0.25, 0.3) is 0 Å². The van der Waals surface area contributed by atoms with Gasteiger partial charge in [-0.05, 0) is 31.5 Å². The highest BCUT2D eigenvalue weighted by molar-refractivity contribution is 5.71. The molecule has 0 aliphatic carbocycles. The highest BCUT2D eigenvalue weighted by atomic mass is 16.6. The van der Waals surface area contributed by atoms with Crippen LogP contribution in [-0.2, 0) is 15.1 Å². The molecule has 2 rings (SSSR count). The molecule has 1 atom stereocenters. The zero-order chi connectivity index (χ0) is 13.9. The van der Waals surface area contributed by atoms with Crippen molar-refractivity contribution in [3.63, 3.8) is 0 Å². The molecule has 1 aliphatic heterocycles. The molecule has 1 heterocycles. The molecular weight excluding hydrogens is 246 g/mol. The van der Waals surface area contributed by atoms with Crippen LogP contribution in [0.4, 0.5) is 0 Å². The minimum atomic E-state index is -0.790. The number of hydrogen-bond acceptors (Lipinski definition) is 5. The number of carbonyl (C=O) groups excluding carboxylic acids is 1. The van der Waals surface area contributed by atoms with E-state index >= 15 is 0 Å². The zero-order valence-electron chi connectivity index (χ0n) is 11.3. The third kappa shape index (κ3) is 3.17. The van der Waals surface area contributed by atoms with Crippen LogP contribution in [0.3, 0.4) is 0 Å². The Morgan fingerprint density at radius 1 is 1.37 bits per heavy atom. The molecule has 19 heavy (non-hydrogen) atoms. The van der Waals surface area contributed by atoms with E-state index in [9.17, 15) is 4.79 Å². The summed E-state index contributed by atoms with van der Waals surface area (Å²) in [6, 6.07) is 5.50. The van der Waals surface area contributed by atoms with Crippen LogP contribution in [0, 0.1) is 0 Å². The average Bonchev–Trinajstić information content (AvgIpc) is 2.37. The minimum Gasteiger partial charge on any atom is -0.486 e. The maximum atomic E-state index is 11.6. The zero-order valence-corrected chi connectivity index (χ0v) is 11.3. The molecule has 0 spiro atoms. The normalized spacial score (nSPS) is 16.6. The first-order valence-electron chi connectivity index (χ1n) is 6.37. The second-order valence-corrected chi connectivity index (χ2v) is 4.76. The van der Waals surface area contributed by atoms with Crippen molar-refractivity contribution >= 4 is 5.97 Å². The van der Waals surface area contributed by atoms with Crippen molar-refractivity contribution in [2.45, 2.75) is 25.8 Å². The molecular formula is C14H19NO4. The van der Waals surface area contributed by atoms with E-state index in [0.717, 1.165) is 5.56 Å². The second-order valence-electron chi connectivity index (χ2n) is 4.76. The average molecular weight is 265 g/mol. The van der Waals surface area contributed by atoms with Gasteiger partial charge in [-0.15, -0.1) is 0 Å². The molecule has 0 bridgehead atoms. The summed E-state index contributed by atoms with van der Waals surface area (Å²) in [5.41, 5.74) is 6.24. The Labute approximate surface area is 112 Å². The topological polar surface area (TPSA) is 70.8 Å². The standard InChI is InChI=1S/C14H19NO4/c1-3-17-13(16)9-14(2,15)10-4-5-11-12(8-10)19-7-6-18-11/h4-5,8H,3,6-7,9,15H2,1-2H3. The fourth-order valence-electron chi connectivity index (χ4n) is 2.01. The Bertz CT molecular complexity index is 471. The summed E-state index contributed by atoms with van der Waals surface area (Å²) in [6.45, 7) is 5.01. The maximum absolute atomic E-state index is 11.6. The molecule has 0 saturated heterocycles. The number of rotatable bonds is 4. The molecule has 0 amide bonds. The van der Waals surface area contributed by atoms with E-state index in [1.54, 1.807) is 13.8 Å². The first-order chi connectivity index (χ1) is 9.03. The molecule has 0 saturated carbocycles. The predicted molar refractivity (Wildman–Crippen MR) is 70.2 cm³/mol. The molecule has 0 fully saturated rings. The van der Waals surface area contributed by atoms with Gasteiger partial charge in [0.2, 0.25) is 0 Å². The third-order valence-electron chi connectivity index (χ3n) is 3.02. The Morgan fingerprint density at radius 2 is 2.05 bits per heavy atom. The lowest BCUT2D eigenvalue weighted by Crippen LogP contribution is -2.36. The van der Waals surface area contributed by atoms with E-state index < -0.39 is 5.54 Å². The predicted octanol–water partition coefficient (Wildman–Crippen LogP) is 1.58. The molecule has 0 radical (unpaired) electrons. The highest BCUT2D eigenvalue weighted by Crippen LogP contribution is 2.34. The molecule has 104 valence electrons. The Morgan fingerprint density at radius 3 is 2.74 bits per heavy atom. The Kier molecular flexibility index (Phi) is 3.95. The summed E-state index contributed by atoms with van der Waals surface area (Å²) in [4.78, 5) is 11.6. The van der Waals surface area contributed by atoms with Crippen LogP contribution in [0.25, 0.3) is 0 Å². The smallest absolute Gasteiger partial charge is 0.307 e. The van der Waals surface area contributed by atoms with Crippen molar-refractivity contribution in [2.75, 3.05) is 19.8 Å². The van der Waals surface area contributed by atoms with Crippen LogP contribution < -0.4 is 15.2 Å². The number of carbonyl (C=O) groups is 1. The van der Waals surface area contributed by atoms with Gasteiger partial charge in [0.05, 0.1) is 13.0 Å². The number of ether oxygens (including phenoxy) is 3. The van der Waals surface area contributed by atoms with Crippen LogP contribution in [0.15, 0.2) is 18.2 Å². The second kappa shape index (κ2) is 5.48. The van der Waals surface area contributed by atoms with Crippen molar-refractivity contribution in [1.82, 2.24) is 0 Å². The highest BCUT2D eigenvalue weighted by Gasteiger charge is 2.27. The summed E-state index contributed by atoms with van der Waals surface area (Å²) >= 11 is 0. The summed E-state index contributed by atoms with van der Waals surface area (Å²) < 4.78 is 15.9. The lowest BCUT2D eigenvalue weighted by atomic mass is 9.89. The van der Waals surface area contributed by atoms with Crippen molar-refractivity contribution in [3.8, 4) is 11.5 Å². The summed E-state index contributed by atoms with van der Waals surface area (Å²) in [5, 5.41) is 0. The van der Waals surface area contributed by atoms with Crippen LogP contribution >= 0.6 is 0 Å². The number of hydrogen-bond donors (Lipinski definition) is 1. The fourth-order valence-corrected chi connectivity index (χ4v) is 2.01. The van der Waals surface area contributed by atoms with Gasteiger partial charge in [-0.2, -0.15) is 0 Å². The molecule has 5 heteroatoms. The fraction of sp³-hybridized carbons (Fsp3) is 0.500. The number of fused-ring (bicyclic) bond motifs is 1. The molecule has 2 N–H and O–H groups in total. The molecule has 0 aromatic heterocycles. The monoisotopic (exact) mass is 265 g/mol. The Hall–Kier alpha value is -1.75. The summed E-state index contributed by atoms with van der Waals surface area (Å²) in [6.07, 6.45) is 0.125. The molecule has 1 aliphatic rings. The molecule has 5 nitrogen and oxygen atoms in total. The van der Waals surface area contributed by atoms with Gasteiger partial charge in [-0.25, -0.2) is 0 Å². The molecule has 1 aromatic carbocycles. The minimum absolute atomic E-state index is 0.125. The van der Waals surface area contributed by atoms with Crippen LogP contribution in [0.1, 0.15) is 25.8 Å². The van der Waals surface area contributed by atoms with Crippen molar-refractivity contribution in [2.24, 2.45) is 5.73 Å². The SMILES string of the molecule is CCOC(=O)CC(C)(N)c1ccc2c(c1)OCCO2. The van der Waals surface area contributed by atoms with Gasteiger partial charge in [0, 0.05) is 5.54 Å². The van der Waals surface area contributed by atoms with Gasteiger partial charge >= 0.3 is 5.97 Å². The summed E-state index contributed by atoms with van der Waals surface area (Å²) in [5.74, 6) is 1.08. The Balaban J connectivity index is 2.17. The molecule has 1 aromatic rings. The van der Waals surface area contributed by atoms with Gasteiger partial charge in [0.15, 0.2) is 11.5 Å². The largest absolute Gasteiger partial charge is 0.486 e. The van der Waals surface area contributed by atoms with Crippen LogP contribution in [-0.4, -0.2) is 25.8 Å². The van der Waals surface area contributed by atoms with Gasteiger partial charge in [-0.3, -0.25) is 4.79 Å². The number of esters is 1. The number of benzene rings is 1. The molecule has 1 unspecified atom stereocenters. The van der Waals surface area contributed by atoms with E-state index in [1.165, 1.54) is 0 Å². The van der Waals surface area contributed by atoms with Gasteiger partial charge in [-0.1, -0.05) is 6.07 Å². The van der Waals surface area contributed by atoms with E-state index in [-0.39, 0.29) is 12.4 Å². The van der Waals surface area contributed by atoms with Crippen LogP contribution in [0.2, 0.25) is 0 Å². The van der Waals surface area contributed by atoms with Gasteiger partial charge in [0.1, 0.15) is 13.2 Å². The van der Waals surface area contributed by atoms with Crippen molar-refractivity contribution in [3.05, 3.63) is 23.8 Å². The quantitative estimate of drug-likeness (QED) is 0.837. The third-order valence-corrected chi connectivity index (χ3v) is 3.02. The van der Waals surface area contributed by atoms with E-state index in [1.807, 2.05) is 18.2 Å². The lowest BCUT2D eigenvalue weighted by molar-refractivity contribution is -0.144. The lowest BCUT2D eigenvalue weighted by Gasteiger charge is -2.26. The maximum Gasteiger partial charge on any atom is 0.307 e. The van der Waals surface area contributed by atoms with Crippen molar-refractivity contribution in [1.29, 1.82) is 0 Å². The van der Waals surface area contributed by atoms with E-state index in [4.69, 9.17) is 19.9 Å². The van der Waals surface area contributed by atoms with E-state index in [0.29, 0.717) is 31.3 Å². The first kappa shape index (κ1) is 13.7. The van der Waals surface area contributed by atoms with Gasteiger partial charge < -0.3 is 19.9 Å². The first-order valence-corrected chi connectivity index (χ1v) is 6.37. The summed E-state index contributed by atoms with van der Waals surface area (Å²) in [7, 11) is 0. The van der Waals surface area contributed by atoms with E-state index in [2.05, 4.69) is 0 Å². The van der Waals surface area contributed by atoms with Crippen LogP contribution in [0.5, 0.6) is 11.5 Å².